The van der Waals surface area contributed by atoms with E-state index in [0.29, 0.717) is 13.1 Å². The molecule has 1 amide bonds. The molecule has 0 spiro atoms. The van der Waals surface area contributed by atoms with Gasteiger partial charge in [0.05, 0.1) is 0 Å². The number of rotatable bonds is 7. The molecule has 1 aromatic rings. The Morgan fingerprint density at radius 2 is 1.84 bits per heavy atom. The van der Waals surface area contributed by atoms with Crippen LogP contribution < -0.4 is 5.73 Å². The highest BCUT2D eigenvalue weighted by molar-refractivity contribution is 5.96. The number of nitrogens with two attached hydrogens (primary N) is 1. The van der Waals surface area contributed by atoms with E-state index in [-0.39, 0.29) is 11.9 Å². The molecule has 0 aliphatic rings. The molecule has 19 heavy (non-hydrogen) atoms. The van der Waals surface area contributed by atoms with Crippen molar-refractivity contribution in [3.05, 3.63) is 35.4 Å². The van der Waals surface area contributed by atoms with Gasteiger partial charge in [0.1, 0.15) is 0 Å². The average molecular weight is 262 g/mol. The van der Waals surface area contributed by atoms with E-state index in [1.54, 1.807) is 0 Å². The SMILES string of the molecule is CCc1ccccc1C(=O)N(CCN)C(CC)CC. The van der Waals surface area contributed by atoms with Crippen LogP contribution in [0.3, 0.4) is 0 Å². The fourth-order valence-electron chi connectivity index (χ4n) is 2.51. The van der Waals surface area contributed by atoms with Crippen LogP contribution in [0.25, 0.3) is 0 Å². The molecule has 0 aromatic heterocycles. The van der Waals surface area contributed by atoms with E-state index >= 15 is 0 Å². The summed E-state index contributed by atoms with van der Waals surface area (Å²) in [6.07, 6.45) is 2.81. The van der Waals surface area contributed by atoms with Gasteiger partial charge in [-0.2, -0.15) is 0 Å². The summed E-state index contributed by atoms with van der Waals surface area (Å²) in [5.41, 5.74) is 7.61. The van der Waals surface area contributed by atoms with Crippen LogP contribution in [0.15, 0.2) is 24.3 Å². The third-order valence-electron chi connectivity index (χ3n) is 3.64. The maximum atomic E-state index is 12.7. The lowest BCUT2D eigenvalue weighted by atomic mass is 10.0. The van der Waals surface area contributed by atoms with Crippen LogP contribution >= 0.6 is 0 Å². The minimum Gasteiger partial charge on any atom is -0.334 e. The number of carbonyl (C=O) groups is 1. The molecule has 0 bridgehead atoms. The van der Waals surface area contributed by atoms with E-state index in [1.807, 2.05) is 29.2 Å². The van der Waals surface area contributed by atoms with Gasteiger partial charge in [-0.3, -0.25) is 4.79 Å². The summed E-state index contributed by atoms with van der Waals surface area (Å²) in [6.45, 7) is 7.46. The maximum Gasteiger partial charge on any atom is 0.254 e. The lowest BCUT2D eigenvalue weighted by Crippen LogP contribution is -2.43. The number of carbonyl (C=O) groups excluding carboxylic acids is 1. The van der Waals surface area contributed by atoms with E-state index in [2.05, 4.69) is 20.8 Å². The fourth-order valence-corrected chi connectivity index (χ4v) is 2.51. The predicted molar refractivity (Wildman–Crippen MR) is 80.3 cm³/mol. The molecular weight excluding hydrogens is 236 g/mol. The molecule has 0 aliphatic carbocycles. The Labute approximate surface area is 116 Å². The summed E-state index contributed by atoms with van der Waals surface area (Å²) in [7, 11) is 0. The highest BCUT2D eigenvalue weighted by atomic mass is 16.2. The van der Waals surface area contributed by atoms with Crippen molar-refractivity contribution in [2.24, 2.45) is 5.73 Å². The zero-order valence-corrected chi connectivity index (χ0v) is 12.4. The number of amides is 1. The van der Waals surface area contributed by atoms with Gasteiger partial charge >= 0.3 is 0 Å². The summed E-state index contributed by atoms with van der Waals surface area (Å²) in [5, 5.41) is 0. The van der Waals surface area contributed by atoms with E-state index < -0.39 is 0 Å². The van der Waals surface area contributed by atoms with Crippen molar-refractivity contribution in [1.29, 1.82) is 0 Å². The number of hydrogen-bond acceptors (Lipinski definition) is 2. The standard InChI is InChI=1S/C16H26N2O/c1-4-13-9-7-8-10-15(13)16(19)18(12-11-17)14(5-2)6-3/h7-10,14H,4-6,11-12,17H2,1-3H3. The Morgan fingerprint density at radius 1 is 1.21 bits per heavy atom. The number of nitrogens with zero attached hydrogens (tertiary/aromatic N) is 1. The van der Waals surface area contributed by atoms with Crippen LogP contribution in [-0.2, 0) is 6.42 Å². The van der Waals surface area contributed by atoms with Crippen molar-refractivity contribution in [2.45, 2.75) is 46.1 Å². The summed E-state index contributed by atoms with van der Waals surface area (Å²) >= 11 is 0. The second-order valence-corrected chi connectivity index (χ2v) is 4.77. The summed E-state index contributed by atoms with van der Waals surface area (Å²) in [4.78, 5) is 14.7. The second kappa shape index (κ2) is 7.95. The highest BCUT2D eigenvalue weighted by Crippen LogP contribution is 2.17. The fraction of sp³-hybridized carbons (Fsp3) is 0.562. The first-order valence-electron chi connectivity index (χ1n) is 7.28. The molecule has 0 saturated heterocycles. The molecule has 0 aliphatic heterocycles. The lowest BCUT2D eigenvalue weighted by Gasteiger charge is -2.31. The Morgan fingerprint density at radius 3 is 2.37 bits per heavy atom. The van der Waals surface area contributed by atoms with Gasteiger partial charge in [-0.05, 0) is 30.9 Å². The topological polar surface area (TPSA) is 46.3 Å². The molecule has 0 atom stereocenters. The zero-order valence-electron chi connectivity index (χ0n) is 12.4. The van der Waals surface area contributed by atoms with Crippen molar-refractivity contribution in [1.82, 2.24) is 4.90 Å². The second-order valence-electron chi connectivity index (χ2n) is 4.77. The molecule has 2 N–H and O–H groups in total. The summed E-state index contributed by atoms with van der Waals surface area (Å²) in [6, 6.07) is 8.15. The minimum atomic E-state index is 0.122. The normalized spacial score (nSPS) is 10.8. The summed E-state index contributed by atoms with van der Waals surface area (Å²) in [5.74, 6) is 0.122. The molecule has 106 valence electrons. The van der Waals surface area contributed by atoms with Crippen LogP contribution in [0.4, 0.5) is 0 Å². The molecule has 0 saturated carbocycles. The van der Waals surface area contributed by atoms with E-state index in [9.17, 15) is 4.79 Å². The molecule has 0 unspecified atom stereocenters. The van der Waals surface area contributed by atoms with Crippen molar-refractivity contribution in [3.63, 3.8) is 0 Å². The molecule has 0 heterocycles. The van der Waals surface area contributed by atoms with E-state index in [1.165, 1.54) is 0 Å². The van der Waals surface area contributed by atoms with E-state index in [4.69, 9.17) is 5.73 Å². The van der Waals surface area contributed by atoms with Crippen LogP contribution in [0.1, 0.15) is 49.5 Å². The van der Waals surface area contributed by atoms with Gasteiger partial charge in [0, 0.05) is 24.7 Å². The van der Waals surface area contributed by atoms with Gasteiger partial charge < -0.3 is 10.6 Å². The van der Waals surface area contributed by atoms with Gasteiger partial charge in [-0.1, -0.05) is 39.0 Å². The van der Waals surface area contributed by atoms with Gasteiger partial charge in [0.2, 0.25) is 0 Å². The quantitative estimate of drug-likeness (QED) is 0.821. The lowest BCUT2D eigenvalue weighted by molar-refractivity contribution is 0.0673. The van der Waals surface area contributed by atoms with Crippen molar-refractivity contribution in [2.75, 3.05) is 13.1 Å². The Balaban J connectivity index is 3.04. The van der Waals surface area contributed by atoms with Crippen LogP contribution in [-0.4, -0.2) is 29.9 Å². The maximum absolute atomic E-state index is 12.7. The monoisotopic (exact) mass is 262 g/mol. The van der Waals surface area contributed by atoms with Crippen LogP contribution in [0.5, 0.6) is 0 Å². The number of benzene rings is 1. The molecule has 3 heteroatoms. The third-order valence-corrected chi connectivity index (χ3v) is 3.64. The first-order valence-corrected chi connectivity index (χ1v) is 7.28. The molecule has 1 aromatic carbocycles. The number of hydrogen-bond donors (Lipinski definition) is 1. The molecular formula is C16H26N2O. The highest BCUT2D eigenvalue weighted by Gasteiger charge is 2.22. The van der Waals surface area contributed by atoms with Gasteiger partial charge in [0.25, 0.3) is 5.91 Å². The molecule has 0 fully saturated rings. The van der Waals surface area contributed by atoms with Gasteiger partial charge in [0.15, 0.2) is 0 Å². The molecule has 3 nitrogen and oxygen atoms in total. The summed E-state index contributed by atoms with van der Waals surface area (Å²) < 4.78 is 0. The van der Waals surface area contributed by atoms with E-state index in [0.717, 1.165) is 30.4 Å². The third kappa shape index (κ3) is 3.80. The zero-order chi connectivity index (χ0) is 14.3. The largest absolute Gasteiger partial charge is 0.334 e. The average Bonchev–Trinajstić information content (AvgIpc) is 2.46. The van der Waals surface area contributed by atoms with Crippen molar-refractivity contribution < 1.29 is 4.79 Å². The smallest absolute Gasteiger partial charge is 0.254 e. The van der Waals surface area contributed by atoms with Crippen LogP contribution in [0.2, 0.25) is 0 Å². The van der Waals surface area contributed by atoms with Gasteiger partial charge in [-0.15, -0.1) is 0 Å². The first kappa shape index (κ1) is 15.7. The van der Waals surface area contributed by atoms with Crippen molar-refractivity contribution in [3.8, 4) is 0 Å². The molecule has 0 radical (unpaired) electrons. The minimum absolute atomic E-state index is 0.122. The van der Waals surface area contributed by atoms with Crippen molar-refractivity contribution >= 4 is 5.91 Å². The number of aryl methyl sites for hydroxylation is 1. The Kier molecular flexibility index (Phi) is 6.57. The Hall–Kier alpha value is -1.35. The Bertz CT molecular complexity index is 399. The van der Waals surface area contributed by atoms with Crippen LogP contribution in [0, 0.1) is 0 Å². The predicted octanol–water partition coefficient (Wildman–Crippen LogP) is 2.84. The molecule has 1 rings (SSSR count). The van der Waals surface area contributed by atoms with Gasteiger partial charge in [-0.25, -0.2) is 0 Å². The first-order chi connectivity index (χ1) is 9.19.